The molecule has 2 saturated carbocycles. The van der Waals surface area contributed by atoms with Crippen LogP contribution in [-0.4, -0.2) is 62.0 Å². The van der Waals surface area contributed by atoms with Crippen molar-refractivity contribution in [3.05, 3.63) is 0 Å². The topological polar surface area (TPSA) is 46.1 Å². The van der Waals surface area contributed by atoms with Gasteiger partial charge in [0.15, 0.2) is 5.96 Å². The van der Waals surface area contributed by atoms with E-state index in [4.69, 9.17) is 14.5 Å². The molecule has 3 rings (SSSR count). The maximum Gasteiger partial charge on any atom is 0.194 e. The summed E-state index contributed by atoms with van der Waals surface area (Å²) in [6.07, 6.45) is 9.53. The Labute approximate surface area is 153 Å². The molecule has 1 aliphatic heterocycles. The lowest BCUT2D eigenvalue weighted by atomic mass is 9.60. The van der Waals surface area contributed by atoms with Crippen LogP contribution >= 0.6 is 0 Å². The number of guanidine groups is 1. The fourth-order valence-electron chi connectivity index (χ4n) is 5.10. The summed E-state index contributed by atoms with van der Waals surface area (Å²) in [4.78, 5) is 7.26. The fraction of sp³-hybridized carbons (Fsp3) is 0.950. The zero-order valence-corrected chi connectivity index (χ0v) is 16.4. The Morgan fingerprint density at radius 2 is 1.76 bits per heavy atom. The van der Waals surface area contributed by atoms with Crippen molar-refractivity contribution in [2.75, 3.05) is 32.8 Å². The van der Waals surface area contributed by atoms with Crippen LogP contribution < -0.4 is 5.32 Å². The molecule has 1 spiro atoms. The molecule has 0 aromatic carbocycles. The molecule has 2 atom stereocenters. The van der Waals surface area contributed by atoms with Gasteiger partial charge in [0.25, 0.3) is 0 Å². The van der Waals surface area contributed by atoms with E-state index in [1.165, 1.54) is 25.7 Å². The molecule has 3 fully saturated rings. The molecule has 2 aliphatic carbocycles. The monoisotopic (exact) mass is 351 g/mol. The highest BCUT2D eigenvalue weighted by atomic mass is 16.5. The molecular weight excluding hydrogens is 314 g/mol. The van der Waals surface area contributed by atoms with Crippen molar-refractivity contribution in [2.45, 2.75) is 84.0 Å². The maximum atomic E-state index is 6.06. The van der Waals surface area contributed by atoms with Crippen LogP contribution in [0.2, 0.25) is 0 Å². The molecule has 1 N–H and O–H groups in total. The first-order valence-corrected chi connectivity index (χ1v) is 10.5. The molecule has 1 saturated heterocycles. The van der Waals surface area contributed by atoms with Crippen LogP contribution in [0.3, 0.4) is 0 Å². The van der Waals surface area contributed by atoms with Crippen molar-refractivity contribution in [2.24, 2.45) is 10.4 Å². The Morgan fingerprint density at radius 3 is 2.36 bits per heavy atom. The molecular formula is C20H37N3O2. The van der Waals surface area contributed by atoms with E-state index in [0.717, 1.165) is 58.1 Å². The Bertz CT molecular complexity index is 440. The fourth-order valence-corrected chi connectivity index (χ4v) is 5.10. The van der Waals surface area contributed by atoms with Gasteiger partial charge in [-0.3, -0.25) is 4.99 Å². The van der Waals surface area contributed by atoms with E-state index in [0.29, 0.717) is 23.7 Å². The van der Waals surface area contributed by atoms with Gasteiger partial charge >= 0.3 is 0 Å². The van der Waals surface area contributed by atoms with E-state index in [1.54, 1.807) is 0 Å². The number of rotatable bonds is 6. The van der Waals surface area contributed by atoms with Crippen LogP contribution in [0.25, 0.3) is 0 Å². The van der Waals surface area contributed by atoms with E-state index >= 15 is 0 Å². The number of nitrogens with one attached hydrogen (secondary N) is 1. The predicted molar refractivity (Wildman–Crippen MR) is 102 cm³/mol. The Morgan fingerprint density at radius 1 is 1.08 bits per heavy atom. The minimum Gasteiger partial charge on any atom is -0.378 e. The van der Waals surface area contributed by atoms with Gasteiger partial charge in [-0.2, -0.15) is 0 Å². The molecule has 0 amide bonds. The maximum absolute atomic E-state index is 6.06. The smallest absolute Gasteiger partial charge is 0.194 e. The van der Waals surface area contributed by atoms with Gasteiger partial charge in [-0.1, -0.05) is 12.8 Å². The molecule has 5 nitrogen and oxygen atoms in total. The molecule has 3 aliphatic rings. The molecule has 0 aromatic rings. The van der Waals surface area contributed by atoms with Crippen molar-refractivity contribution < 1.29 is 9.47 Å². The number of likely N-dealkylation sites (tertiary alicyclic amines) is 1. The van der Waals surface area contributed by atoms with Gasteiger partial charge in [0, 0.05) is 44.3 Å². The first-order chi connectivity index (χ1) is 12.2. The minimum atomic E-state index is 0.355. The highest BCUT2D eigenvalue weighted by Crippen LogP contribution is 2.54. The third-order valence-corrected chi connectivity index (χ3v) is 6.44. The number of nitrogens with zero attached hydrogens (tertiary/aromatic N) is 2. The minimum absolute atomic E-state index is 0.355. The molecule has 144 valence electrons. The number of aliphatic imine (C=N–C) groups is 1. The predicted octanol–water partition coefficient (Wildman–Crippen LogP) is 3.19. The van der Waals surface area contributed by atoms with Gasteiger partial charge in [-0.05, 0) is 52.9 Å². The third-order valence-electron chi connectivity index (χ3n) is 6.44. The normalized spacial score (nSPS) is 29.9. The third kappa shape index (κ3) is 3.97. The summed E-state index contributed by atoms with van der Waals surface area (Å²) in [6, 6.07) is 0.529. The molecule has 2 unspecified atom stereocenters. The van der Waals surface area contributed by atoms with Crippen LogP contribution in [0.4, 0.5) is 0 Å². The quantitative estimate of drug-likeness (QED) is 0.590. The average Bonchev–Trinajstić information content (AvgIpc) is 3.14. The zero-order valence-electron chi connectivity index (χ0n) is 16.4. The van der Waals surface area contributed by atoms with Crippen molar-refractivity contribution in [1.29, 1.82) is 0 Å². The van der Waals surface area contributed by atoms with E-state index in [9.17, 15) is 0 Å². The number of piperidine rings is 1. The van der Waals surface area contributed by atoms with Crippen LogP contribution in [0, 0.1) is 5.41 Å². The summed E-state index contributed by atoms with van der Waals surface area (Å²) in [6.45, 7) is 10.9. The van der Waals surface area contributed by atoms with Crippen molar-refractivity contribution in [3.8, 4) is 0 Å². The summed E-state index contributed by atoms with van der Waals surface area (Å²) < 4.78 is 11.9. The Hall–Kier alpha value is -0.810. The Balaban J connectivity index is 1.60. The van der Waals surface area contributed by atoms with Gasteiger partial charge in [0.05, 0.1) is 12.2 Å². The molecule has 0 bridgehead atoms. The first-order valence-electron chi connectivity index (χ1n) is 10.5. The van der Waals surface area contributed by atoms with E-state index in [2.05, 4.69) is 31.0 Å². The SMILES string of the molecule is CCN=C(NC1CC(OCC)C12CCCC2)N1CCC(OCC)CC1. The first kappa shape index (κ1) is 19.0. The van der Waals surface area contributed by atoms with E-state index in [1.807, 2.05) is 0 Å². The average molecular weight is 352 g/mol. The van der Waals surface area contributed by atoms with Crippen molar-refractivity contribution >= 4 is 5.96 Å². The van der Waals surface area contributed by atoms with Gasteiger partial charge in [0.2, 0.25) is 0 Å². The lowest BCUT2D eigenvalue weighted by Crippen LogP contribution is -2.65. The van der Waals surface area contributed by atoms with Crippen LogP contribution in [0.15, 0.2) is 4.99 Å². The lowest BCUT2D eigenvalue weighted by molar-refractivity contribution is -0.126. The van der Waals surface area contributed by atoms with Crippen LogP contribution in [0.1, 0.15) is 65.7 Å². The van der Waals surface area contributed by atoms with E-state index < -0.39 is 0 Å². The highest BCUT2D eigenvalue weighted by Gasteiger charge is 2.57. The number of hydrogen-bond donors (Lipinski definition) is 1. The van der Waals surface area contributed by atoms with Crippen LogP contribution in [0.5, 0.6) is 0 Å². The summed E-state index contributed by atoms with van der Waals surface area (Å²) in [5.74, 6) is 1.11. The largest absolute Gasteiger partial charge is 0.378 e. The second-order valence-electron chi connectivity index (χ2n) is 7.76. The van der Waals surface area contributed by atoms with Crippen molar-refractivity contribution in [3.63, 3.8) is 0 Å². The van der Waals surface area contributed by atoms with E-state index in [-0.39, 0.29) is 0 Å². The highest BCUT2D eigenvalue weighted by molar-refractivity contribution is 5.80. The molecule has 1 heterocycles. The summed E-state index contributed by atoms with van der Waals surface area (Å²) in [5.41, 5.74) is 0.355. The zero-order chi connectivity index (χ0) is 17.7. The Kier molecular flexibility index (Phi) is 6.61. The summed E-state index contributed by atoms with van der Waals surface area (Å²) >= 11 is 0. The molecule has 5 heteroatoms. The summed E-state index contributed by atoms with van der Waals surface area (Å²) in [5, 5.41) is 3.85. The standard InChI is InChI=1S/C20H37N3O2/c1-4-21-19(23-13-9-16(10-14-23)24-5-2)22-17-15-18(25-6-3)20(17)11-7-8-12-20/h16-18H,4-15H2,1-3H3,(H,21,22). The molecule has 0 radical (unpaired) electrons. The summed E-state index contributed by atoms with van der Waals surface area (Å²) in [7, 11) is 0. The second-order valence-corrected chi connectivity index (χ2v) is 7.76. The second kappa shape index (κ2) is 8.72. The number of ether oxygens (including phenoxy) is 2. The molecule has 25 heavy (non-hydrogen) atoms. The van der Waals surface area contributed by atoms with Gasteiger partial charge < -0.3 is 19.7 Å². The number of hydrogen-bond acceptors (Lipinski definition) is 3. The van der Waals surface area contributed by atoms with Gasteiger partial charge in [-0.15, -0.1) is 0 Å². The lowest BCUT2D eigenvalue weighted by Gasteiger charge is -2.55. The van der Waals surface area contributed by atoms with Crippen LogP contribution in [-0.2, 0) is 9.47 Å². The van der Waals surface area contributed by atoms with Gasteiger partial charge in [0.1, 0.15) is 0 Å². The van der Waals surface area contributed by atoms with Crippen molar-refractivity contribution in [1.82, 2.24) is 10.2 Å². The van der Waals surface area contributed by atoms with Gasteiger partial charge in [-0.25, -0.2) is 0 Å². The molecule has 0 aromatic heterocycles.